The van der Waals surface area contributed by atoms with E-state index >= 15 is 0 Å². The fourth-order valence-electron chi connectivity index (χ4n) is 1.93. The van der Waals surface area contributed by atoms with Crippen LogP contribution in [0, 0.1) is 0 Å². The van der Waals surface area contributed by atoms with Crippen molar-refractivity contribution >= 4 is 50.5 Å². The van der Waals surface area contributed by atoms with Crippen molar-refractivity contribution in [1.29, 1.82) is 0 Å². The van der Waals surface area contributed by atoms with Gasteiger partial charge in [-0.1, -0.05) is 29.3 Å². The highest BCUT2D eigenvalue weighted by molar-refractivity contribution is 9.10. The third-order valence-corrected chi connectivity index (χ3v) is 5.41. The van der Waals surface area contributed by atoms with Gasteiger partial charge in [0.25, 0.3) is 0 Å². The van der Waals surface area contributed by atoms with Gasteiger partial charge in [0.05, 0.1) is 6.10 Å². The van der Waals surface area contributed by atoms with Crippen molar-refractivity contribution < 1.29 is 5.11 Å². The maximum atomic E-state index is 10.5. The number of hydrogen-bond acceptors (Lipinski definition) is 3. The third-order valence-electron chi connectivity index (χ3n) is 2.91. The topological polar surface area (TPSA) is 46.2 Å². The summed E-state index contributed by atoms with van der Waals surface area (Å²) in [7, 11) is 0. The Hall–Kier alpha value is -0.100. The lowest BCUT2D eigenvalue weighted by Crippen LogP contribution is -2.20. The number of aliphatic hydroxyl groups excluding tert-OH is 1. The Balaban J connectivity index is 2.37. The van der Waals surface area contributed by atoms with E-state index in [4.69, 9.17) is 28.9 Å². The molecule has 6 heteroatoms. The molecule has 0 fully saturated rings. The molecule has 3 N–H and O–H groups in total. The Morgan fingerprint density at radius 2 is 2.05 bits per heavy atom. The first-order chi connectivity index (χ1) is 9.04. The second kappa shape index (κ2) is 6.57. The molecule has 0 bridgehead atoms. The molecule has 0 amide bonds. The van der Waals surface area contributed by atoms with Gasteiger partial charge in [-0.2, -0.15) is 0 Å². The number of thiophene rings is 1. The Labute approximate surface area is 134 Å². The van der Waals surface area contributed by atoms with Crippen molar-refractivity contribution in [2.75, 3.05) is 6.54 Å². The molecule has 1 aromatic carbocycles. The molecule has 1 aromatic heterocycles. The molecule has 2 unspecified atom stereocenters. The van der Waals surface area contributed by atoms with E-state index in [-0.39, 0.29) is 5.92 Å². The highest BCUT2D eigenvalue weighted by Crippen LogP contribution is 2.39. The van der Waals surface area contributed by atoms with Crippen LogP contribution in [0.25, 0.3) is 0 Å². The van der Waals surface area contributed by atoms with E-state index in [9.17, 15) is 5.11 Å². The summed E-state index contributed by atoms with van der Waals surface area (Å²) in [6, 6.07) is 7.13. The summed E-state index contributed by atoms with van der Waals surface area (Å²) in [4.78, 5) is 0.849. The van der Waals surface area contributed by atoms with Crippen molar-refractivity contribution in [3.8, 4) is 0 Å². The van der Waals surface area contributed by atoms with Crippen LogP contribution in [0.3, 0.4) is 0 Å². The van der Waals surface area contributed by atoms with Crippen molar-refractivity contribution in [3.63, 3.8) is 0 Å². The van der Waals surface area contributed by atoms with E-state index in [0.717, 1.165) is 14.9 Å². The smallest absolute Gasteiger partial charge is 0.0974 e. The first-order valence-corrected chi connectivity index (χ1v) is 8.03. The normalized spacial score (nSPS) is 14.4. The molecule has 2 rings (SSSR count). The van der Waals surface area contributed by atoms with E-state index in [0.29, 0.717) is 16.6 Å². The average Bonchev–Trinajstić information content (AvgIpc) is 2.78. The Morgan fingerprint density at radius 3 is 2.58 bits per heavy atom. The lowest BCUT2D eigenvalue weighted by molar-refractivity contribution is 0.150. The number of nitrogens with two attached hydrogens (primary N) is 1. The quantitative estimate of drug-likeness (QED) is 0.814. The van der Waals surface area contributed by atoms with E-state index in [1.165, 1.54) is 11.3 Å². The second-order valence-electron chi connectivity index (χ2n) is 4.09. The van der Waals surface area contributed by atoms with Gasteiger partial charge in [0.15, 0.2) is 0 Å². The van der Waals surface area contributed by atoms with Crippen LogP contribution in [-0.2, 0) is 0 Å². The minimum absolute atomic E-state index is 0.264. The molecular weight excluding hydrogens is 369 g/mol. The minimum atomic E-state index is -0.696. The molecule has 19 heavy (non-hydrogen) atoms. The predicted molar refractivity (Wildman–Crippen MR) is 85.2 cm³/mol. The van der Waals surface area contributed by atoms with Crippen molar-refractivity contribution in [2.24, 2.45) is 5.73 Å². The maximum Gasteiger partial charge on any atom is 0.0974 e. The molecule has 2 atom stereocenters. The van der Waals surface area contributed by atoms with E-state index in [2.05, 4.69) is 15.9 Å². The van der Waals surface area contributed by atoms with Crippen LogP contribution < -0.4 is 5.73 Å². The zero-order valence-corrected chi connectivity index (χ0v) is 13.7. The number of hydrogen-bond donors (Lipinski definition) is 2. The van der Waals surface area contributed by atoms with Crippen molar-refractivity contribution in [3.05, 3.63) is 54.6 Å². The van der Waals surface area contributed by atoms with Crippen LogP contribution in [0.5, 0.6) is 0 Å². The summed E-state index contributed by atoms with van der Waals surface area (Å²) in [5.74, 6) is -0.264. The molecule has 0 saturated heterocycles. The number of halogens is 3. The zero-order valence-electron chi connectivity index (χ0n) is 9.82. The molecule has 0 aliphatic rings. The molecular formula is C13H12BrCl2NOS. The highest BCUT2D eigenvalue weighted by Gasteiger charge is 2.26. The molecule has 0 aliphatic heterocycles. The molecule has 0 spiro atoms. The van der Waals surface area contributed by atoms with Gasteiger partial charge in [-0.25, -0.2) is 0 Å². The van der Waals surface area contributed by atoms with Gasteiger partial charge in [0.1, 0.15) is 0 Å². The predicted octanol–water partition coefficient (Wildman–Crippen LogP) is 4.59. The van der Waals surface area contributed by atoms with Crippen LogP contribution in [0.4, 0.5) is 0 Å². The zero-order chi connectivity index (χ0) is 14.0. The van der Waals surface area contributed by atoms with E-state index in [1.807, 2.05) is 17.5 Å². The standard InChI is InChI=1S/C13H12BrCl2NOS/c14-10-3-4-19-13(10)12(18)9(6-17)8-2-1-7(15)5-11(8)16/h1-5,9,12,18H,6,17H2. The lowest BCUT2D eigenvalue weighted by Gasteiger charge is -2.22. The number of aliphatic hydroxyl groups is 1. The van der Waals surface area contributed by atoms with Gasteiger partial charge in [-0.05, 0) is 45.1 Å². The third kappa shape index (κ3) is 3.32. The summed E-state index contributed by atoms with van der Waals surface area (Å²) in [6.07, 6.45) is -0.696. The molecule has 102 valence electrons. The Kier molecular flexibility index (Phi) is 5.29. The van der Waals surface area contributed by atoms with Gasteiger partial charge >= 0.3 is 0 Å². The first kappa shape index (κ1) is 15.3. The van der Waals surface area contributed by atoms with Gasteiger partial charge < -0.3 is 10.8 Å². The maximum absolute atomic E-state index is 10.5. The first-order valence-electron chi connectivity index (χ1n) is 5.60. The van der Waals surface area contributed by atoms with Crippen LogP contribution >= 0.6 is 50.5 Å². The summed E-state index contributed by atoms with van der Waals surface area (Å²) in [5, 5.41) is 13.5. The fraction of sp³-hybridized carbons (Fsp3) is 0.231. The van der Waals surface area contributed by atoms with Gasteiger partial charge in [0.2, 0.25) is 0 Å². The summed E-state index contributed by atoms with van der Waals surface area (Å²) in [5.41, 5.74) is 6.61. The number of rotatable bonds is 4. The van der Waals surface area contributed by atoms with Gasteiger partial charge in [-0.15, -0.1) is 11.3 Å². The molecule has 2 nitrogen and oxygen atoms in total. The Bertz CT molecular complexity index is 576. The molecule has 2 aromatic rings. The van der Waals surface area contributed by atoms with E-state index in [1.54, 1.807) is 12.1 Å². The van der Waals surface area contributed by atoms with Crippen LogP contribution in [0.15, 0.2) is 34.1 Å². The van der Waals surface area contributed by atoms with Crippen LogP contribution in [-0.4, -0.2) is 11.7 Å². The van der Waals surface area contributed by atoms with Crippen molar-refractivity contribution in [1.82, 2.24) is 0 Å². The highest BCUT2D eigenvalue weighted by atomic mass is 79.9. The van der Waals surface area contributed by atoms with Crippen molar-refractivity contribution in [2.45, 2.75) is 12.0 Å². The van der Waals surface area contributed by atoms with Gasteiger partial charge in [-0.3, -0.25) is 0 Å². The number of benzene rings is 1. The van der Waals surface area contributed by atoms with Gasteiger partial charge in [0, 0.05) is 31.9 Å². The lowest BCUT2D eigenvalue weighted by atomic mass is 9.92. The van der Waals surface area contributed by atoms with Crippen LogP contribution in [0.2, 0.25) is 10.0 Å². The fourth-order valence-corrected chi connectivity index (χ4v) is 4.13. The van der Waals surface area contributed by atoms with E-state index < -0.39 is 6.10 Å². The molecule has 1 heterocycles. The monoisotopic (exact) mass is 379 g/mol. The second-order valence-corrected chi connectivity index (χ2v) is 6.73. The molecule has 0 saturated carbocycles. The summed E-state index contributed by atoms with van der Waals surface area (Å²) >= 11 is 17.0. The SMILES string of the molecule is NCC(c1ccc(Cl)cc1Cl)C(O)c1sccc1Br. The minimum Gasteiger partial charge on any atom is -0.387 e. The Morgan fingerprint density at radius 1 is 1.32 bits per heavy atom. The summed E-state index contributed by atoms with van der Waals surface area (Å²) in [6.45, 7) is 0.298. The molecule has 0 aliphatic carbocycles. The molecule has 0 radical (unpaired) electrons. The largest absolute Gasteiger partial charge is 0.387 e. The summed E-state index contributed by atoms with van der Waals surface area (Å²) < 4.78 is 0.883. The average molecular weight is 381 g/mol. The van der Waals surface area contributed by atoms with Crippen LogP contribution in [0.1, 0.15) is 22.5 Å².